The maximum Gasteiger partial charge on any atom is 0.173 e. The van der Waals surface area contributed by atoms with Crippen LogP contribution >= 0.6 is 0 Å². The van der Waals surface area contributed by atoms with E-state index in [-0.39, 0.29) is 11.7 Å². The fraction of sp³-hybridized carbons (Fsp3) is 0.600. The van der Waals surface area contributed by atoms with Gasteiger partial charge in [0.1, 0.15) is 12.0 Å². The molecule has 1 aromatic rings. The summed E-state index contributed by atoms with van der Waals surface area (Å²) in [5.74, 6) is -0.0206. The maximum absolute atomic E-state index is 11.9. The third-order valence-corrected chi connectivity index (χ3v) is 2.61. The molecule has 1 atom stereocenters. The lowest BCUT2D eigenvalue weighted by molar-refractivity contribution is -0.146. The molecule has 0 fully saturated rings. The average Bonchev–Trinajstić information content (AvgIpc) is 2.69. The van der Waals surface area contributed by atoms with Gasteiger partial charge in [0.25, 0.3) is 0 Å². The Bertz CT molecular complexity index is 369. The van der Waals surface area contributed by atoms with Crippen LogP contribution in [0, 0.1) is 5.92 Å². The fourth-order valence-electron chi connectivity index (χ4n) is 1.78. The monoisotopic (exact) mass is 195 g/mol. The Morgan fingerprint density at radius 1 is 1.64 bits per heavy atom. The Hall–Kier alpha value is -1.16. The standard InChI is InChI=1S/C10H13NO3/c1-6(2)9(12)10(3)8-7(4-13-10)5-14-11-8/h5-6H,4H2,1-3H3. The van der Waals surface area contributed by atoms with Gasteiger partial charge in [-0.2, -0.15) is 0 Å². The van der Waals surface area contributed by atoms with Crippen LogP contribution in [0.5, 0.6) is 0 Å². The van der Waals surface area contributed by atoms with Crippen molar-refractivity contribution in [3.05, 3.63) is 17.5 Å². The van der Waals surface area contributed by atoms with Crippen molar-refractivity contribution >= 4 is 5.78 Å². The van der Waals surface area contributed by atoms with Gasteiger partial charge in [-0.1, -0.05) is 19.0 Å². The molecule has 1 unspecified atom stereocenters. The van der Waals surface area contributed by atoms with Crippen molar-refractivity contribution in [1.29, 1.82) is 0 Å². The molecule has 76 valence electrons. The molecule has 0 saturated carbocycles. The quantitative estimate of drug-likeness (QED) is 0.719. The van der Waals surface area contributed by atoms with Crippen molar-refractivity contribution in [1.82, 2.24) is 5.16 Å². The number of nitrogens with zero attached hydrogens (tertiary/aromatic N) is 1. The molecule has 2 rings (SSSR count). The summed E-state index contributed by atoms with van der Waals surface area (Å²) in [5.41, 5.74) is 0.606. The highest BCUT2D eigenvalue weighted by Gasteiger charge is 2.46. The Labute approximate surface area is 82.2 Å². The van der Waals surface area contributed by atoms with E-state index in [1.165, 1.54) is 6.26 Å². The molecule has 0 amide bonds. The maximum atomic E-state index is 11.9. The molecule has 0 bridgehead atoms. The molecular formula is C10H13NO3. The molecule has 0 spiro atoms. The van der Waals surface area contributed by atoms with E-state index >= 15 is 0 Å². The summed E-state index contributed by atoms with van der Waals surface area (Å²) in [6.07, 6.45) is 1.54. The van der Waals surface area contributed by atoms with Gasteiger partial charge in [-0.15, -0.1) is 0 Å². The first-order chi connectivity index (χ1) is 6.55. The highest BCUT2D eigenvalue weighted by Crippen LogP contribution is 2.37. The third-order valence-electron chi connectivity index (χ3n) is 2.61. The van der Waals surface area contributed by atoms with Crippen LogP contribution in [0.3, 0.4) is 0 Å². The SMILES string of the molecule is CC(C)C(=O)C1(C)OCc2conc21. The van der Waals surface area contributed by atoms with Crippen LogP contribution < -0.4 is 0 Å². The molecule has 14 heavy (non-hydrogen) atoms. The van der Waals surface area contributed by atoms with E-state index in [0.717, 1.165) is 5.56 Å². The minimum atomic E-state index is -0.906. The average molecular weight is 195 g/mol. The number of carbonyl (C=O) groups excluding carboxylic acids is 1. The minimum absolute atomic E-state index is 0.0464. The summed E-state index contributed by atoms with van der Waals surface area (Å²) in [7, 11) is 0. The fourth-order valence-corrected chi connectivity index (χ4v) is 1.78. The van der Waals surface area contributed by atoms with Crippen LogP contribution in [0.1, 0.15) is 32.0 Å². The third kappa shape index (κ3) is 1.10. The highest BCUT2D eigenvalue weighted by atomic mass is 16.5. The Balaban J connectivity index is 2.40. The molecule has 0 saturated heterocycles. The number of carbonyl (C=O) groups is 1. The second-order valence-electron chi connectivity index (χ2n) is 4.03. The van der Waals surface area contributed by atoms with E-state index in [0.29, 0.717) is 12.3 Å². The lowest BCUT2D eigenvalue weighted by atomic mass is 9.89. The first-order valence-corrected chi connectivity index (χ1v) is 4.67. The van der Waals surface area contributed by atoms with Crippen molar-refractivity contribution in [2.24, 2.45) is 5.92 Å². The molecule has 2 heterocycles. The largest absolute Gasteiger partial charge is 0.364 e. The molecule has 1 aliphatic rings. The van der Waals surface area contributed by atoms with Crippen LogP contribution in [0.2, 0.25) is 0 Å². The van der Waals surface area contributed by atoms with Gasteiger partial charge in [0, 0.05) is 11.5 Å². The van der Waals surface area contributed by atoms with Crippen molar-refractivity contribution < 1.29 is 14.1 Å². The minimum Gasteiger partial charge on any atom is -0.364 e. The molecule has 0 radical (unpaired) electrons. The van der Waals surface area contributed by atoms with Crippen molar-refractivity contribution in [2.75, 3.05) is 0 Å². The van der Waals surface area contributed by atoms with Crippen molar-refractivity contribution in [3.8, 4) is 0 Å². The van der Waals surface area contributed by atoms with Crippen LogP contribution in [-0.2, 0) is 21.7 Å². The van der Waals surface area contributed by atoms with Gasteiger partial charge in [-0.3, -0.25) is 4.79 Å². The molecule has 1 aliphatic heterocycles. The summed E-state index contributed by atoms with van der Waals surface area (Å²) in [6.45, 7) is 5.88. The smallest absolute Gasteiger partial charge is 0.173 e. The molecule has 4 nitrogen and oxygen atoms in total. The second-order valence-corrected chi connectivity index (χ2v) is 4.03. The Morgan fingerprint density at radius 3 is 3.00 bits per heavy atom. The summed E-state index contributed by atoms with van der Waals surface area (Å²) < 4.78 is 10.3. The summed E-state index contributed by atoms with van der Waals surface area (Å²) in [6, 6.07) is 0. The van der Waals surface area contributed by atoms with E-state index < -0.39 is 5.60 Å². The van der Waals surface area contributed by atoms with E-state index in [9.17, 15) is 4.79 Å². The number of ketones is 1. The molecule has 0 aromatic carbocycles. The van der Waals surface area contributed by atoms with Gasteiger partial charge in [-0.25, -0.2) is 0 Å². The normalized spacial score (nSPS) is 25.4. The zero-order valence-electron chi connectivity index (χ0n) is 8.53. The topological polar surface area (TPSA) is 52.3 Å². The van der Waals surface area contributed by atoms with Gasteiger partial charge in [0.05, 0.1) is 6.61 Å². The van der Waals surface area contributed by atoms with Crippen LogP contribution in [-0.4, -0.2) is 10.9 Å². The summed E-state index contributed by atoms with van der Waals surface area (Å²) in [5, 5.41) is 3.83. The highest BCUT2D eigenvalue weighted by molar-refractivity contribution is 5.90. The van der Waals surface area contributed by atoms with Gasteiger partial charge in [0.2, 0.25) is 0 Å². The van der Waals surface area contributed by atoms with Crippen LogP contribution in [0.25, 0.3) is 0 Å². The predicted molar refractivity (Wildman–Crippen MR) is 48.5 cm³/mol. The van der Waals surface area contributed by atoms with Crippen LogP contribution in [0.4, 0.5) is 0 Å². The summed E-state index contributed by atoms with van der Waals surface area (Å²) >= 11 is 0. The number of hydrogen-bond acceptors (Lipinski definition) is 4. The van der Waals surface area contributed by atoms with Crippen molar-refractivity contribution in [3.63, 3.8) is 0 Å². The first-order valence-electron chi connectivity index (χ1n) is 4.67. The molecule has 4 heteroatoms. The number of rotatable bonds is 2. The van der Waals surface area contributed by atoms with E-state index in [1.807, 2.05) is 13.8 Å². The number of hydrogen-bond donors (Lipinski definition) is 0. The second kappa shape index (κ2) is 2.92. The zero-order valence-corrected chi connectivity index (χ0v) is 8.53. The number of ether oxygens (including phenoxy) is 1. The van der Waals surface area contributed by atoms with Gasteiger partial charge >= 0.3 is 0 Å². The molecule has 1 aromatic heterocycles. The van der Waals surface area contributed by atoms with E-state index in [2.05, 4.69) is 5.16 Å². The van der Waals surface area contributed by atoms with Crippen LogP contribution in [0.15, 0.2) is 10.8 Å². The van der Waals surface area contributed by atoms with Gasteiger partial charge in [0.15, 0.2) is 11.4 Å². The summed E-state index contributed by atoms with van der Waals surface area (Å²) in [4.78, 5) is 11.9. The lowest BCUT2D eigenvalue weighted by Crippen LogP contribution is -2.35. The Morgan fingerprint density at radius 2 is 2.36 bits per heavy atom. The van der Waals surface area contributed by atoms with Crippen molar-refractivity contribution in [2.45, 2.75) is 33.0 Å². The first kappa shape index (κ1) is 9.40. The van der Waals surface area contributed by atoms with E-state index in [1.54, 1.807) is 6.92 Å². The number of fused-ring (bicyclic) bond motifs is 1. The Kier molecular flexibility index (Phi) is 1.96. The number of Topliss-reactive ketones (excluding diaryl/α,β-unsaturated/α-hetero) is 1. The van der Waals surface area contributed by atoms with Gasteiger partial charge < -0.3 is 9.26 Å². The zero-order chi connectivity index (χ0) is 10.3. The molecule has 0 aliphatic carbocycles. The lowest BCUT2D eigenvalue weighted by Gasteiger charge is -2.22. The predicted octanol–water partition coefficient (Wildman–Crippen LogP) is 1.65. The molecular weight excluding hydrogens is 182 g/mol. The molecule has 0 N–H and O–H groups in total. The van der Waals surface area contributed by atoms with E-state index in [4.69, 9.17) is 9.26 Å². The van der Waals surface area contributed by atoms with Gasteiger partial charge in [-0.05, 0) is 6.92 Å². The number of aromatic nitrogens is 1.